The summed E-state index contributed by atoms with van der Waals surface area (Å²) in [7, 11) is 0. The van der Waals surface area contributed by atoms with E-state index in [0.29, 0.717) is 24.7 Å². The number of pyridine rings is 1. The maximum Gasteiger partial charge on any atom is 0.253 e. The molecule has 0 aliphatic carbocycles. The van der Waals surface area contributed by atoms with Gasteiger partial charge in [0.05, 0.1) is 6.20 Å². The summed E-state index contributed by atoms with van der Waals surface area (Å²) in [6, 6.07) is 1.52. The normalized spacial score (nSPS) is 14.0. The molecule has 0 fully saturated rings. The van der Waals surface area contributed by atoms with Gasteiger partial charge in [0.1, 0.15) is 18.9 Å². The molecule has 0 saturated carbocycles. The van der Waals surface area contributed by atoms with E-state index in [9.17, 15) is 4.79 Å². The second kappa shape index (κ2) is 2.81. The lowest BCUT2D eigenvalue weighted by Crippen LogP contribution is -2.15. The third kappa shape index (κ3) is 1.11. The van der Waals surface area contributed by atoms with Crippen molar-refractivity contribution in [3.8, 4) is 11.5 Å². The van der Waals surface area contributed by atoms with E-state index >= 15 is 0 Å². The molecule has 1 aromatic heterocycles. The highest BCUT2D eigenvalue weighted by molar-refractivity contribution is 5.73. The highest BCUT2D eigenvalue weighted by Gasteiger charge is 2.12. The van der Waals surface area contributed by atoms with Gasteiger partial charge in [-0.3, -0.25) is 4.79 Å². The van der Waals surface area contributed by atoms with Crippen LogP contribution in [0.3, 0.4) is 0 Å². The molecule has 2 rings (SSSR count). The largest absolute Gasteiger partial charge is 0.486 e. The molecule has 0 bridgehead atoms. The summed E-state index contributed by atoms with van der Waals surface area (Å²) in [5.74, 6) is 1.15. The van der Waals surface area contributed by atoms with Crippen molar-refractivity contribution in [2.75, 3.05) is 13.2 Å². The molecule has 0 spiro atoms. The van der Waals surface area contributed by atoms with Gasteiger partial charge in [-0.25, -0.2) is 4.98 Å². The molecule has 2 heterocycles. The Bertz CT molecular complexity index is 311. The number of rotatable bonds is 1. The molecule has 0 amide bonds. The number of ether oxygens (including phenoxy) is 2. The zero-order valence-electron chi connectivity index (χ0n) is 6.24. The zero-order valence-corrected chi connectivity index (χ0v) is 6.24. The van der Waals surface area contributed by atoms with Gasteiger partial charge in [-0.05, 0) is 0 Å². The van der Waals surface area contributed by atoms with Gasteiger partial charge >= 0.3 is 0 Å². The van der Waals surface area contributed by atoms with Crippen molar-refractivity contribution in [3.05, 3.63) is 18.0 Å². The van der Waals surface area contributed by atoms with Crippen LogP contribution in [0.5, 0.6) is 11.5 Å². The van der Waals surface area contributed by atoms with Crippen molar-refractivity contribution >= 4 is 6.29 Å². The van der Waals surface area contributed by atoms with Crippen LogP contribution in [-0.4, -0.2) is 24.5 Å². The Morgan fingerprint density at radius 3 is 2.83 bits per heavy atom. The molecule has 4 heteroatoms. The summed E-state index contributed by atoms with van der Waals surface area (Å²) in [6.45, 7) is 1.04. The van der Waals surface area contributed by atoms with Crippen molar-refractivity contribution in [3.63, 3.8) is 0 Å². The quantitative estimate of drug-likeness (QED) is 0.599. The van der Waals surface area contributed by atoms with Crippen molar-refractivity contribution in [2.45, 2.75) is 0 Å². The van der Waals surface area contributed by atoms with Crippen LogP contribution < -0.4 is 9.47 Å². The topological polar surface area (TPSA) is 48.4 Å². The second-order valence-corrected chi connectivity index (χ2v) is 2.32. The van der Waals surface area contributed by atoms with E-state index < -0.39 is 0 Å². The summed E-state index contributed by atoms with van der Waals surface area (Å²) in [5, 5.41) is 0. The number of carbonyl (C=O) groups excluding carboxylic acids is 1. The van der Waals surface area contributed by atoms with Crippen molar-refractivity contribution in [2.24, 2.45) is 0 Å². The summed E-state index contributed by atoms with van der Waals surface area (Å²) in [4.78, 5) is 14.0. The first-order valence-corrected chi connectivity index (χ1v) is 3.54. The lowest BCUT2D eigenvalue weighted by atomic mass is 10.3. The molecule has 1 aliphatic heterocycles. The van der Waals surface area contributed by atoms with E-state index in [4.69, 9.17) is 9.47 Å². The minimum Gasteiger partial charge on any atom is -0.486 e. The molecule has 1 radical (unpaired) electrons. The molecule has 1 aliphatic rings. The van der Waals surface area contributed by atoms with Crippen molar-refractivity contribution in [1.29, 1.82) is 0 Å². The third-order valence-electron chi connectivity index (χ3n) is 1.53. The minimum absolute atomic E-state index is 0.235. The molecule has 0 atom stereocenters. The van der Waals surface area contributed by atoms with E-state index in [1.54, 1.807) is 6.29 Å². The Labute approximate surface area is 69.1 Å². The highest BCUT2D eigenvalue weighted by atomic mass is 16.6. The van der Waals surface area contributed by atoms with Gasteiger partial charge in [-0.15, -0.1) is 0 Å². The second-order valence-electron chi connectivity index (χ2n) is 2.32. The smallest absolute Gasteiger partial charge is 0.253 e. The Kier molecular flexibility index (Phi) is 1.66. The van der Waals surface area contributed by atoms with E-state index in [0.717, 1.165) is 0 Å². The molecular formula is C8H6NO3. The molecule has 12 heavy (non-hydrogen) atoms. The van der Waals surface area contributed by atoms with Gasteiger partial charge in [0.15, 0.2) is 11.5 Å². The lowest BCUT2D eigenvalue weighted by molar-refractivity contribution is 0.170. The Balaban J connectivity index is 2.42. The lowest BCUT2D eigenvalue weighted by Gasteiger charge is -2.17. The molecular weight excluding hydrogens is 158 g/mol. The predicted molar refractivity (Wildman–Crippen MR) is 40.0 cm³/mol. The maximum atomic E-state index is 10.2. The first-order chi connectivity index (χ1) is 5.90. The fourth-order valence-corrected chi connectivity index (χ4v) is 1.00. The van der Waals surface area contributed by atoms with E-state index in [1.807, 2.05) is 0 Å². The van der Waals surface area contributed by atoms with Crippen molar-refractivity contribution < 1.29 is 14.3 Å². The third-order valence-corrected chi connectivity index (χ3v) is 1.53. The van der Waals surface area contributed by atoms with Crippen LogP contribution in [0.1, 0.15) is 5.69 Å². The molecule has 61 valence electrons. The zero-order chi connectivity index (χ0) is 8.39. The van der Waals surface area contributed by atoms with Gasteiger partial charge in [0, 0.05) is 6.07 Å². The fraction of sp³-hybridized carbons (Fsp3) is 0.250. The van der Waals surface area contributed by atoms with Crippen LogP contribution in [-0.2, 0) is 4.79 Å². The maximum absolute atomic E-state index is 10.2. The van der Waals surface area contributed by atoms with E-state index in [-0.39, 0.29) is 5.69 Å². The number of hydrogen-bond donors (Lipinski definition) is 0. The summed E-state index contributed by atoms with van der Waals surface area (Å²) < 4.78 is 10.4. The summed E-state index contributed by atoms with van der Waals surface area (Å²) in [6.07, 6.45) is 3.15. The van der Waals surface area contributed by atoms with Gasteiger partial charge < -0.3 is 9.47 Å². The predicted octanol–water partition coefficient (Wildman–Crippen LogP) is 0.311. The van der Waals surface area contributed by atoms with Gasteiger partial charge in [0.2, 0.25) is 0 Å². The number of hydrogen-bond acceptors (Lipinski definition) is 4. The number of nitrogens with zero attached hydrogens (tertiary/aromatic N) is 1. The van der Waals surface area contributed by atoms with Crippen molar-refractivity contribution in [1.82, 2.24) is 4.98 Å². The summed E-state index contributed by atoms with van der Waals surface area (Å²) >= 11 is 0. The Morgan fingerprint density at radius 2 is 2.08 bits per heavy atom. The van der Waals surface area contributed by atoms with Crippen LogP contribution in [0.15, 0.2) is 12.3 Å². The molecule has 4 nitrogen and oxygen atoms in total. The first-order valence-electron chi connectivity index (χ1n) is 3.54. The van der Waals surface area contributed by atoms with Crippen LogP contribution >= 0.6 is 0 Å². The first kappa shape index (κ1) is 7.09. The Hall–Kier alpha value is -1.58. The molecule has 0 N–H and O–H groups in total. The van der Waals surface area contributed by atoms with Gasteiger partial charge in [-0.1, -0.05) is 0 Å². The minimum atomic E-state index is 0.235. The van der Waals surface area contributed by atoms with Gasteiger partial charge in [0.25, 0.3) is 6.29 Å². The standard InChI is InChI=1S/C8H6NO3/c10-5-6-3-7-8(4-9-6)12-2-1-11-7/h3-4H,1-2H2. The van der Waals surface area contributed by atoms with Crippen LogP contribution in [0.2, 0.25) is 0 Å². The SMILES string of the molecule is O=[C]c1cc2c(cn1)OCCO2. The van der Waals surface area contributed by atoms with Crippen LogP contribution in [0.25, 0.3) is 0 Å². The van der Waals surface area contributed by atoms with Crippen LogP contribution in [0.4, 0.5) is 0 Å². The average molecular weight is 164 g/mol. The number of aromatic nitrogens is 1. The molecule has 1 aromatic rings. The van der Waals surface area contributed by atoms with Gasteiger partial charge in [-0.2, -0.15) is 0 Å². The van der Waals surface area contributed by atoms with Crippen LogP contribution in [0, 0.1) is 0 Å². The number of fused-ring (bicyclic) bond motifs is 1. The molecule has 0 unspecified atom stereocenters. The average Bonchev–Trinajstić information content (AvgIpc) is 2.17. The summed E-state index contributed by atoms with van der Waals surface area (Å²) in [5.41, 5.74) is 0.235. The molecule has 0 aromatic carbocycles. The molecule has 0 saturated heterocycles. The van der Waals surface area contributed by atoms with E-state index in [1.165, 1.54) is 12.3 Å². The van der Waals surface area contributed by atoms with E-state index in [2.05, 4.69) is 4.98 Å². The highest BCUT2D eigenvalue weighted by Crippen LogP contribution is 2.28. The Morgan fingerprint density at radius 1 is 1.33 bits per heavy atom. The fourth-order valence-electron chi connectivity index (χ4n) is 1.00. The monoisotopic (exact) mass is 164 g/mol.